The maximum absolute atomic E-state index is 11.1. The standard InChI is InChI=1S/C13H17N3OS2/c1-8-7-19-13(15-8)9(2)14-6-12-11(4-5-18-12)16-10(3)17/h4-5,7,9,14H,6H2,1-3H3,(H,16,17). The first kappa shape index (κ1) is 14.2. The van der Waals surface area contributed by atoms with Crippen LogP contribution in [0.15, 0.2) is 16.8 Å². The minimum atomic E-state index is -0.0387. The van der Waals surface area contributed by atoms with Gasteiger partial charge in [-0.05, 0) is 25.3 Å². The fourth-order valence-electron chi connectivity index (χ4n) is 1.68. The first-order chi connectivity index (χ1) is 9.06. The maximum Gasteiger partial charge on any atom is 0.221 e. The number of carbonyl (C=O) groups is 1. The smallest absolute Gasteiger partial charge is 0.221 e. The zero-order valence-electron chi connectivity index (χ0n) is 11.2. The molecule has 1 atom stereocenters. The highest BCUT2D eigenvalue weighted by atomic mass is 32.1. The molecule has 1 unspecified atom stereocenters. The molecule has 6 heteroatoms. The van der Waals surface area contributed by atoms with Crippen LogP contribution >= 0.6 is 22.7 Å². The number of thiazole rings is 1. The Morgan fingerprint density at radius 3 is 2.89 bits per heavy atom. The molecule has 2 aromatic heterocycles. The van der Waals surface area contributed by atoms with Gasteiger partial charge in [-0.25, -0.2) is 4.98 Å². The van der Waals surface area contributed by atoms with Crippen molar-refractivity contribution in [2.75, 3.05) is 5.32 Å². The van der Waals surface area contributed by atoms with E-state index in [0.717, 1.165) is 27.8 Å². The molecule has 2 aromatic rings. The molecule has 0 radical (unpaired) electrons. The van der Waals surface area contributed by atoms with Crippen molar-refractivity contribution < 1.29 is 4.79 Å². The number of anilines is 1. The van der Waals surface area contributed by atoms with Crippen LogP contribution < -0.4 is 10.6 Å². The van der Waals surface area contributed by atoms with Crippen molar-refractivity contribution in [3.63, 3.8) is 0 Å². The van der Waals surface area contributed by atoms with E-state index in [0.29, 0.717) is 0 Å². The van der Waals surface area contributed by atoms with E-state index in [2.05, 4.69) is 27.9 Å². The Balaban J connectivity index is 1.95. The van der Waals surface area contributed by atoms with Crippen LogP contribution in [0.5, 0.6) is 0 Å². The van der Waals surface area contributed by atoms with E-state index in [-0.39, 0.29) is 11.9 Å². The second kappa shape index (κ2) is 6.27. The number of aryl methyl sites for hydroxylation is 1. The van der Waals surface area contributed by atoms with Crippen molar-refractivity contribution in [1.82, 2.24) is 10.3 Å². The van der Waals surface area contributed by atoms with Gasteiger partial charge in [-0.3, -0.25) is 4.79 Å². The second-order valence-corrected chi connectivity index (χ2v) is 6.26. The number of amides is 1. The Hall–Kier alpha value is -1.24. The summed E-state index contributed by atoms with van der Waals surface area (Å²) in [5, 5.41) is 11.4. The molecule has 0 spiro atoms. The summed E-state index contributed by atoms with van der Waals surface area (Å²) in [6, 6.07) is 2.15. The molecular weight excluding hydrogens is 278 g/mol. The van der Waals surface area contributed by atoms with E-state index < -0.39 is 0 Å². The topological polar surface area (TPSA) is 54.0 Å². The molecule has 19 heavy (non-hydrogen) atoms. The highest BCUT2D eigenvalue weighted by Crippen LogP contribution is 2.24. The Morgan fingerprint density at radius 1 is 1.47 bits per heavy atom. The van der Waals surface area contributed by atoms with Crippen LogP contribution in [0.3, 0.4) is 0 Å². The van der Waals surface area contributed by atoms with Gasteiger partial charge in [0.15, 0.2) is 0 Å². The van der Waals surface area contributed by atoms with Crippen molar-refractivity contribution in [2.45, 2.75) is 33.4 Å². The molecule has 0 aliphatic heterocycles. The number of hydrogen-bond acceptors (Lipinski definition) is 5. The van der Waals surface area contributed by atoms with E-state index in [4.69, 9.17) is 0 Å². The lowest BCUT2D eigenvalue weighted by Crippen LogP contribution is -2.18. The van der Waals surface area contributed by atoms with E-state index >= 15 is 0 Å². The molecule has 0 aliphatic rings. The zero-order valence-corrected chi connectivity index (χ0v) is 12.8. The fourth-order valence-corrected chi connectivity index (χ4v) is 3.29. The molecule has 0 bridgehead atoms. The zero-order chi connectivity index (χ0) is 13.8. The van der Waals surface area contributed by atoms with Crippen LogP contribution in [0.2, 0.25) is 0 Å². The molecule has 0 fully saturated rings. The molecule has 0 saturated heterocycles. The Labute approximate surface area is 120 Å². The summed E-state index contributed by atoms with van der Waals surface area (Å²) in [4.78, 5) is 16.7. The number of hydrogen-bond donors (Lipinski definition) is 2. The highest BCUT2D eigenvalue weighted by molar-refractivity contribution is 7.10. The molecule has 2 N–H and O–H groups in total. The van der Waals surface area contributed by atoms with E-state index in [1.165, 1.54) is 6.92 Å². The summed E-state index contributed by atoms with van der Waals surface area (Å²) in [7, 11) is 0. The SMILES string of the molecule is CC(=O)Nc1ccsc1CNC(C)c1nc(C)cs1. The number of nitrogens with zero attached hydrogens (tertiary/aromatic N) is 1. The molecule has 0 saturated carbocycles. The van der Waals surface area contributed by atoms with Crippen LogP contribution in [0, 0.1) is 6.92 Å². The molecule has 0 aliphatic carbocycles. The summed E-state index contributed by atoms with van der Waals surface area (Å²) < 4.78 is 0. The molecular formula is C13H17N3OS2. The Morgan fingerprint density at radius 2 is 2.26 bits per heavy atom. The molecule has 4 nitrogen and oxygen atoms in total. The first-order valence-electron chi connectivity index (χ1n) is 6.05. The summed E-state index contributed by atoms with van der Waals surface area (Å²) in [5.74, 6) is -0.0387. The summed E-state index contributed by atoms with van der Waals surface area (Å²) in [5.41, 5.74) is 1.95. The average molecular weight is 295 g/mol. The third kappa shape index (κ3) is 3.86. The monoisotopic (exact) mass is 295 g/mol. The van der Waals surface area contributed by atoms with Crippen LogP contribution in [0.1, 0.15) is 35.5 Å². The van der Waals surface area contributed by atoms with Crippen molar-refractivity contribution in [3.8, 4) is 0 Å². The van der Waals surface area contributed by atoms with Gasteiger partial charge < -0.3 is 10.6 Å². The van der Waals surface area contributed by atoms with Crippen molar-refractivity contribution in [3.05, 3.63) is 32.4 Å². The minimum Gasteiger partial charge on any atom is -0.325 e. The number of nitrogens with one attached hydrogen (secondary N) is 2. The van der Waals surface area contributed by atoms with Gasteiger partial charge in [-0.2, -0.15) is 0 Å². The summed E-state index contributed by atoms with van der Waals surface area (Å²) in [6.07, 6.45) is 0. The van der Waals surface area contributed by atoms with Crippen LogP contribution in [-0.4, -0.2) is 10.9 Å². The lowest BCUT2D eigenvalue weighted by Gasteiger charge is -2.11. The lowest BCUT2D eigenvalue weighted by molar-refractivity contribution is -0.114. The van der Waals surface area contributed by atoms with Crippen molar-refractivity contribution >= 4 is 34.3 Å². The van der Waals surface area contributed by atoms with Gasteiger partial charge in [0.25, 0.3) is 0 Å². The van der Waals surface area contributed by atoms with Gasteiger partial charge in [-0.1, -0.05) is 0 Å². The largest absolute Gasteiger partial charge is 0.325 e. The van der Waals surface area contributed by atoms with Gasteiger partial charge in [0.2, 0.25) is 5.91 Å². The van der Waals surface area contributed by atoms with E-state index in [1.807, 2.05) is 18.4 Å². The molecule has 2 heterocycles. The third-order valence-electron chi connectivity index (χ3n) is 2.63. The minimum absolute atomic E-state index is 0.0387. The van der Waals surface area contributed by atoms with Crippen molar-refractivity contribution in [1.29, 1.82) is 0 Å². The number of aromatic nitrogens is 1. The second-order valence-electron chi connectivity index (χ2n) is 4.37. The van der Waals surface area contributed by atoms with Crippen molar-refractivity contribution in [2.24, 2.45) is 0 Å². The van der Waals surface area contributed by atoms with Crippen LogP contribution in [0.4, 0.5) is 5.69 Å². The number of carbonyl (C=O) groups excluding carboxylic acids is 1. The molecule has 1 amide bonds. The number of rotatable bonds is 5. The predicted molar refractivity (Wildman–Crippen MR) is 80.7 cm³/mol. The fraction of sp³-hybridized carbons (Fsp3) is 0.385. The quantitative estimate of drug-likeness (QED) is 0.889. The average Bonchev–Trinajstić information content (AvgIpc) is 2.95. The van der Waals surface area contributed by atoms with Gasteiger partial charge in [0.1, 0.15) is 5.01 Å². The Kier molecular flexibility index (Phi) is 4.68. The molecule has 102 valence electrons. The summed E-state index contributed by atoms with van der Waals surface area (Å²) in [6.45, 7) is 6.35. The number of thiophene rings is 1. The van der Waals surface area contributed by atoms with E-state index in [1.54, 1.807) is 22.7 Å². The summed E-state index contributed by atoms with van der Waals surface area (Å²) >= 11 is 3.31. The van der Waals surface area contributed by atoms with Crippen LogP contribution in [0.25, 0.3) is 0 Å². The lowest BCUT2D eigenvalue weighted by atomic mass is 10.3. The maximum atomic E-state index is 11.1. The third-order valence-corrected chi connectivity index (χ3v) is 4.70. The predicted octanol–water partition coefficient (Wildman–Crippen LogP) is 3.32. The highest BCUT2D eigenvalue weighted by Gasteiger charge is 2.11. The first-order valence-corrected chi connectivity index (χ1v) is 7.81. The van der Waals surface area contributed by atoms with Gasteiger partial charge in [0, 0.05) is 29.4 Å². The van der Waals surface area contributed by atoms with Gasteiger partial charge >= 0.3 is 0 Å². The van der Waals surface area contributed by atoms with Gasteiger partial charge in [0.05, 0.1) is 11.7 Å². The Bertz CT molecular complexity index is 562. The normalized spacial score (nSPS) is 12.4. The van der Waals surface area contributed by atoms with E-state index in [9.17, 15) is 4.79 Å². The van der Waals surface area contributed by atoms with Crippen LogP contribution in [-0.2, 0) is 11.3 Å². The van der Waals surface area contributed by atoms with Gasteiger partial charge in [-0.15, -0.1) is 22.7 Å². The molecule has 2 rings (SSSR count). The molecule has 0 aromatic carbocycles.